The van der Waals surface area contributed by atoms with E-state index in [2.05, 4.69) is 73.9 Å². The van der Waals surface area contributed by atoms with Gasteiger partial charge in [-0.3, -0.25) is 4.79 Å². The number of halogens is 2. The highest BCUT2D eigenvalue weighted by molar-refractivity contribution is 6.30. The second kappa shape index (κ2) is 28.3. The number of nitrogens with zero attached hydrogens (tertiary/aromatic N) is 1. The van der Waals surface area contributed by atoms with E-state index in [1.807, 2.05) is 40.7 Å². The molecule has 0 spiro atoms. The highest BCUT2D eigenvalue weighted by Gasteiger charge is 2.24. The van der Waals surface area contributed by atoms with Crippen molar-refractivity contribution in [3.63, 3.8) is 0 Å². The molecule has 0 aliphatic rings. The summed E-state index contributed by atoms with van der Waals surface area (Å²) in [5.74, 6) is 1.37. The van der Waals surface area contributed by atoms with Gasteiger partial charge in [-0.25, -0.2) is 9.37 Å². The minimum atomic E-state index is -0.468. The van der Waals surface area contributed by atoms with E-state index in [0.29, 0.717) is 23.4 Å². The van der Waals surface area contributed by atoms with Crippen molar-refractivity contribution in [2.45, 2.75) is 148 Å². The molecule has 272 valence electrons. The smallest absolute Gasteiger partial charge is 0.290 e. The maximum atomic E-state index is 13.9. The molecule has 1 unspecified atom stereocenters. The van der Waals surface area contributed by atoms with Crippen molar-refractivity contribution in [1.82, 2.24) is 4.98 Å². The van der Waals surface area contributed by atoms with E-state index >= 15 is 0 Å². The molecular formula is C40H69ClFNO4. The average molecular weight is 682 g/mol. The highest BCUT2D eigenvalue weighted by atomic mass is 35.5. The van der Waals surface area contributed by atoms with Crippen LogP contribution in [0.3, 0.4) is 0 Å². The molecule has 47 heavy (non-hydrogen) atoms. The molecule has 0 saturated heterocycles. The van der Waals surface area contributed by atoms with Crippen molar-refractivity contribution >= 4 is 24.4 Å². The molecule has 1 atom stereocenters. The number of aryl methyl sites for hydroxylation is 1. The van der Waals surface area contributed by atoms with Crippen LogP contribution in [0, 0.1) is 23.1 Å². The molecule has 0 aliphatic carbocycles. The van der Waals surface area contributed by atoms with Crippen LogP contribution in [-0.4, -0.2) is 28.0 Å². The Morgan fingerprint density at radius 1 is 1.02 bits per heavy atom. The Hall–Kier alpha value is -2.73. The molecule has 0 radical (unpaired) electrons. The fourth-order valence-electron chi connectivity index (χ4n) is 3.56. The molecule has 0 aliphatic heterocycles. The van der Waals surface area contributed by atoms with Gasteiger partial charge in [-0.05, 0) is 74.0 Å². The van der Waals surface area contributed by atoms with Crippen molar-refractivity contribution in [3.05, 3.63) is 58.5 Å². The number of carboxylic acid groups (broad SMARTS) is 1. The lowest BCUT2D eigenvalue weighted by atomic mass is 9.82. The van der Waals surface area contributed by atoms with Crippen molar-refractivity contribution in [3.8, 4) is 17.0 Å². The summed E-state index contributed by atoms with van der Waals surface area (Å²) in [4.78, 5) is 21.8. The Morgan fingerprint density at radius 2 is 1.49 bits per heavy atom. The molecule has 0 bridgehead atoms. The number of pyridine rings is 1. The second-order valence-corrected chi connectivity index (χ2v) is 13.9. The molecule has 0 saturated carbocycles. The molecular weight excluding hydrogens is 613 g/mol. The summed E-state index contributed by atoms with van der Waals surface area (Å²) < 4.78 is 13.9. The molecule has 2 aromatic rings. The van der Waals surface area contributed by atoms with Crippen LogP contribution < -0.4 is 0 Å². The average Bonchev–Trinajstić information content (AvgIpc) is 2.99. The SMILES string of the molecule is C=C(C)CC(C)C(C)C.CC.CC=O.CCC(C)(C)CCc1nc(-c2ccc(Cl)c(F)c2)cc(C(C)(C)C)c1O.CCCC.O=CO. The van der Waals surface area contributed by atoms with E-state index in [-0.39, 0.29) is 28.1 Å². The summed E-state index contributed by atoms with van der Waals surface area (Å²) >= 11 is 5.81. The third-order valence-corrected chi connectivity index (χ3v) is 7.70. The lowest BCUT2D eigenvalue weighted by Gasteiger charge is -2.25. The van der Waals surface area contributed by atoms with Gasteiger partial charge in [0.1, 0.15) is 17.9 Å². The summed E-state index contributed by atoms with van der Waals surface area (Å²) in [6, 6.07) is 6.55. The van der Waals surface area contributed by atoms with E-state index in [9.17, 15) is 9.50 Å². The van der Waals surface area contributed by atoms with Gasteiger partial charge in [0, 0.05) is 11.1 Å². The number of carbonyl (C=O) groups is 2. The number of aromatic nitrogens is 1. The Labute approximate surface area is 293 Å². The summed E-state index contributed by atoms with van der Waals surface area (Å²) in [7, 11) is 0. The summed E-state index contributed by atoms with van der Waals surface area (Å²) in [5, 5.41) is 17.8. The number of carbonyl (C=O) groups excluding carboxylic acids is 1. The van der Waals surface area contributed by atoms with Crippen LogP contribution in [0.4, 0.5) is 4.39 Å². The van der Waals surface area contributed by atoms with Crippen molar-refractivity contribution in [2.75, 3.05) is 0 Å². The van der Waals surface area contributed by atoms with Crippen LogP contribution in [0.1, 0.15) is 147 Å². The number of aldehydes is 1. The first-order valence-corrected chi connectivity index (χ1v) is 17.4. The van der Waals surface area contributed by atoms with E-state index in [0.717, 1.165) is 36.5 Å². The zero-order chi connectivity index (χ0) is 38.0. The van der Waals surface area contributed by atoms with Crippen LogP contribution in [0.25, 0.3) is 11.3 Å². The zero-order valence-corrected chi connectivity index (χ0v) is 33.2. The fourth-order valence-corrected chi connectivity index (χ4v) is 3.68. The maximum absolute atomic E-state index is 13.9. The minimum Gasteiger partial charge on any atom is -0.506 e. The van der Waals surface area contributed by atoms with Crippen LogP contribution in [0.15, 0.2) is 36.4 Å². The van der Waals surface area contributed by atoms with E-state index < -0.39 is 5.82 Å². The van der Waals surface area contributed by atoms with Gasteiger partial charge in [0.15, 0.2) is 0 Å². The number of rotatable bonds is 9. The second-order valence-electron chi connectivity index (χ2n) is 13.5. The van der Waals surface area contributed by atoms with Gasteiger partial charge in [-0.2, -0.15) is 0 Å². The largest absolute Gasteiger partial charge is 0.506 e. The van der Waals surface area contributed by atoms with Crippen molar-refractivity contribution < 1.29 is 24.2 Å². The topological polar surface area (TPSA) is 87.5 Å². The van der Waals surface area contributed by atoms with E-state index in [4.69, 9.17) is 26.3 Å². The van der Waals surface area contributed by atoms with Crippen LogP contribution >= 0.6 is 11.6 Å². The minimum absolute atomic E-state index is 0.0912. The normalized spacial score (nSPS) is 10.9. The van der Waals surface area contributed by atoms with Gasteiger partial charge in [-0.15, -0.1) is 6.58 Å². The molecule has 1 heterocycles. The van der Waals surface area contributed by atoms with Gasteiger partial charge in [-0.1, -0.05) is 133 Å². The first-order chi connectivity index (χ1) is 21.7. The zero-order valence-electron chi connectivity index (χ0n) is 32.5. The fraction of sp³-hybridized carbons (Fsp3) is 0.625. The lowest BCUT2D eigenvalue weighted by molar-refractivity contribution is -0.122. The molecule has 0 amide bonds. The quantitative estimate of drug-likeness (QED) is 0.203. The molecule has 1 aromatic carbocycles. The molecule has 2 rings (SSSR count). The number of allylic oxidation sites excluding steroid dienone is 1. The monoisotopic (exact) mass is 681 g/mol. The molecule has 0 fully saturated rings. The molecule has 1 aromatic heterocycles. The Balaban J connectivity index is -0.000000361. The molecule has 2 N–H and O–H groups in total. The summed E-state index contributed by atoms with van der Waals surface area (Å²) in [6.07, 6.45) is 7.23. The van der Waals surface area contributed by atoms with Gasteiger partial charge < -0.3 is 15.0 Å². The number of hydrogen-bond donors (Lipinski definition) is 2. The van der Waals surface area contributed by atoms with Gasteiger partial charge in [0.25, 0.3) is 6.47 Å². The van der Waals surface area contributed by atoms with Crippen molar-refractivity contribution in [2.24, 2.45) is 17.3 Å². The third-order valence-electron chi connectivity index (χ3n) is 7.39. The van der Waals surface area contributed by atoms with Crippen LogP contribution in [-0.2, 0) is 21.4 Å². The Bertz CT molecular complexity index is 1120. The maximum Gasteiger partial charge on any atom is 0.290 e. The van der Waals surface area contributed by atoms with Crippen LogP contribution in [0.2, 0.25) is 5.02 Å². The summed E-state index contributed by atoms with van der Waals surface area (Å²) in [6.45, 7) is 35.1. The van der Waals surface area contributed by atoms with E-state index in [1.165, 1.54) is 43.9 Å². The number of benzene rings is 1. The van der Waals surface area contributed by atoms with Gasteiger partial charge in [0.05, 0.1) is 16.4 Å². The van der Waals surface area contributed by atoms with Gasteiger partial charge in [0.2, 0.25) is 0 Å². The molecule has 5 nitrogen and oxygen atoms in total. The highest BCUT2D eigenvalue weighted by Crippen LogP contribution is 2.38. The Kier molecular flexibility index (Phi) is 30.8. The third kappa shape index (κ3) is 25.0. The predicted molar refractivity (Wildman–Crippen MR) is 203 cm³/mol. The first-order valence-electron chi connectivity index (χ1n) is 17.0. The van der Waals surface area contributed by atoms with Crippen molar-refractivity contribution in [1.29, 1.82) is 0 Å². The predicted octanol–water partition coefficient (Wildman–Crippen LogP) is 12.9. The number of hydrogen-bond acceptors (Lipinski definition) is 4. The Morgan fingerprint density at radius 3 is 1.81 bits per heavy atom. The first kappa shape index (κ1) is 51.1. The standard InChI is InChI=1S/C22H29ClFNO.C9H18.C4H10.C2H4O.C2H6.CH2O2/c1-7-22(5,6)11-10-18-20(26)15(21(2,3)4)13-19(25-18)14-8-9-16(23)17(24)12-14;1-7(2)6-9(5)8(3)4;1-3-4-2;1-2-3;1-2;2-1-3/h8-9,12-13,26H,7,10-11H2,1-6H3;8-9H,1,6H2,2-5H3;3-4H2,1-2H3;2H,1H3;1-2H3;1H,(H,2,3). The van der Waals surface area contributed by atoms with E-state index in [1.54, 1.807) is 6.07 Å². The van der Waals surface area contributed by atoms with Crippen LogP contribution in [0.5, 0.6) is 5.75 Å². The number of unbranched alkanes of at least 4 members (excludes halogenated alkanes) is 1. The number of aromatic hydroxyl groups is 1. The molecule has 7 heteroatoms. The van der Waals surface area contributed by atoms with Gasteiger partial charge >= 0.3 is 0 Å². The lowest BCUT2D eigenvalue weighted by Crippen LogP contribution is -2.15. The summed E-state index contributed by atoms with van der Waals surface area (Å²) in [5.41, 5.74) is 4.05.